The molecule has 1 rings (SSSR count). The van der Waals surface area contributed by atoms with Gasteiger partial charge in [-0.05, 0) is 19.8 Å². The van der Waals surface area contributed by atoms with Crippen LogP contribution < -0.4 is 0 Å². The maximum atomic E-state index is 11.8. The molecule has 1 saturated carbocycles. The molecule has 0 N–H and O–H groups in total. The van der Waals surface area contributed by atoms with Gasteiger partial charge < -0.3 is 4.74 Å². The Labute approximate surface area is 42.5 Å². The van der Waals surface area contributed by atoms with Gasteiger partial charge in [0.2, 0.25) is 0 Å². The van der Waals surface area contributed by atoms with Gasteiger partial charge in [-0.15, -0.1) is 0 Å². The van der Waals surface area contributed by atoms with Gasteiger partial charge in [-0.1, -0.05) is 0 Å². The number of halogens is 1. The van der Waals surface area contributed by atoms with E-state index in [0.717, 1.165) is 12.8 Å². The second-order valence-electron chi connectivity index (χ2n) is 1.88. The van der Waals surface area contributed by atoms with E-state index in [0.29, 0.717) is 0 Å². The Morgan fingerprint density at radius 1 is 1.71 bits per heavy atom. The van der Waals surface area contributed by atoms with E-state index < -0.39 is 6.36 Å². The fraction of sp³-hybridized carbons (Fsp3) is 1.00. The van der Waals surface area contributed by atoms with Crippen LogP contribution in [0.25, 0.3) is 0 Å². The molecule has 0 amide bonds. The molecule has 1 atom stereocenters. The van der Waals surface area contributed by atoms with E-state index in [2.05, 4.69) is 0 Å². The quantitative estimate of drug-likeness (QED) is 0.515. The van der Waals surface area contributed by atoms with Crippen LogP contribution in [0.3, 0.4) is 0 Å². The molecule has 0 heterocycles. The largest absolute Gasteiger partial charge is 0.345 e. The zero-order valence-electron chi connectivity index (χ0n) is 4.36. The SMILES string of the molecule is CC(F)OC1CC1. The van der Waals surface area contributed by atoms with Crippen LogP contribution >= 0.6 is 0 Å². The van der Waals surface area contributed by atoms with Crippen molar-refractivity contribution in [1.82, 2.24) is 0 Å². The van der Waals surface area contributed by atoms with Gasteiger partial charge in [0.05, 0.1) is 6.10 Å². The van der Waals surface area contributed by atoms with E-state index >= 15 is 0 Å². The molecular weight excluding hydrogens is 95.1 g/mol. The average molecular weight is 104 g/mol. The summed E-state index contributed by atoms with van der Waals surface area (Å²) in [5, 5.41) is 0. The summed E-state index contributed by atoms with van der Waals surface area (Å²) in [5.74, 6) is 0. The molecule has 42 valence electrons. The van der Waals surface area contributed by atoms with Crippen molar-refractivity contribution >= 4 is 0 Å². The molecule has 7 heavy (non-hydrogen) atoms. The van der Waals surface area contributed by atoms with Crippen molar-refractivity contribution in [3.8, 4) is 0 Å². The number of alkyl halides is 1. The molecule has 0 aromatic heterocycles. The Bertz CT molecular complexity index is 59.1. The topological polar surface area (TPSA) is 9.23 Å². The monoisotopic (exact) mass is 104 g/mol. The Morgan fingerprint density at radius 3 is 2.43 bits per heavy atom. The highest BCUT2D eigenvalue weighted by atomic mass is 19.1. The third-order valence-corrected chi connectivity index (χ3v) is 0.904. The highest BCUT2D eigenvalue weighted by Crippen LogP contribution is 2.24. The van der Waals surface area contributed by atoms with Gasteiger partial charge in [-0.25, -0.2) is 4.39 Å². The first kappa shape index (κ1) is 5.04. The van der Waals surface area contributed by atoms with Gasteiger partial charge in [0.25, 0.3) is 0 Å². The van der Waals surface area contributed by atoms with Crippen molar-refractivity contribution in [1.29, 1.82) is 0 Å². The predicted octanol–water partition coefficient (Wildman–Crippen LogP) is 1.48. The number of rotatable bonds is 2. The van der Waals surface area contributed by atoms with Gasteiger partial charge in [0.15, 0.2) is 6.36 Å². The van der Waals surface area contributed by atoms with Gasteiger partial charge >= 0.3 is 0 Å². The summed E-state index contributed by atoms with van der Waals surface area (Å²) in [7, 11) is 0. The van der Waals surface area contributed by atoms with Crippen LogP contribution in [-0.4, -0.2) is 12.5 Å². The highest BCUT2D eigenvalue weighted by Gasteiger charge is 2.23. The van der Waals surface area contributed by atoms with E-state index in [1.807, 2.05) is 0 Å². The lowest BCUT2D eigenvalue weighted by Gasteiger charge is -1.98. The third kappa shape index (κ3) is 1.88. The molecule has 0 bridgehead atoms. The highest BCUT2D eigenvalue weighted by molar-refractivity contribution is 4.72. The molecule has 1 unspecified atom stereocenters. The van der Waals surface area contributed by atoms with Crippen LogP contribution in [0.4, 0.5) is 4.39 Å². The lowest BCUT2D eigenvalue weighted by atomic mass is 10.7. The van der Waals surface area contributed by atoms with Crippen LogP contribution in [0, 0.1) is 0 Å². The second-order valence-corrected chi connectivity index (χ2v) is 1.88. The zero-order valence-corrected chi connectivity index (χ0v) is 4.36. The molecular formula is C5H9FO. The number of hydrogen-bond acceptors (Lipinski definition) is 1. The van der Waals surface area contributed by atoms with Crippen molar-refractivity contribution in [2.24, 2.45) is 0 Å². The van der Waals surface area contributed by atoms with E-state index in [-0.39, 0.29) is 6.10 Å². The number of hydrogen-bond donors (Lipinski definition) is 0. The Hall–Kier alpha value is -0.110. The van der Waals surface area contributed by atoms with Crippen LogP contribution in [0.5, 0.6) is 0 Å². The summed E-state index contributed by atoms with van der Waals surface area (Å²) in [6, 6.07) is 0. The zero-order chi connectivity index (χ0) is 5.28. The summed E-state index contributed by atoms with van der Waals surface area (Å²) >= 11 is 0. The van der Waals surface area contributed by atoms with E-state index in [4.69, 9.17) is 4.74 Å². The Balaban J connectivity index is 1.97. The summed E-state index contributed by atoms with van der Waals surface area (Å²) < 4.78 is 16.5. The molecule has 1 aliphatic carbocycles. The molecule has 0 saturated heterocycles. The van der Waals surface area contributed by atoms with E-state index in [1.54, 1.807) is 0 Å². The molecule has 1 aliphatic rings. The van der Waals surface area contributed by atoms with Gasteiger partial charge in [-0.2, -0.15) is 0 Å². The van der Waals surface area contributed by atoms with E-state index in [9.17, 15) is 4.39 Å². The Morgan fingerprint density at radius 2 is 2.29 bits per heavy atom. The van der Waals surface area contributed by atoms with E-state index in [1.165, 1.54) is 6.92 Å². The van der Waals surface area contributed by atoms with Crippen LogP contribution in [0.15, 0.2) is 0 Å². The molecule has 0 spiro atoms. The number of ether oxygens (including phenoxy) is 1. The minimum Gasteiger partial charge on any atom is -0.345 e. The first-order chi connectivity index (χ1) is 3.29. The fourth-order valence-corrected chi connectivity index (χ4v) is 0.469. The van der Waals surface area contributed by atoms with Gasteiger partial charge in [0.1, 0.15) is 0 Å². The maximum absolute atomic E-state index is 11.8. The predicted molar refractivity (Wildman–Crippen MR) is 24.7 cm³/mol. The van der Waals surface area contributed by atoms with Crippen LogP contribution in [0.1, 0.15) is 19.8 Å². The molecule has 0 aromatic carbocycles. The third-order valence-electron chi connectivity index (χ3n) is 0.904. The normalized spacial score (nSPS) is 24.9. The standard InChI is InChI=1S/C5H9FO/c1-4(6)7-5-2-3-5/h4-5H,2-3H2,1H3. The minimum atomic E-state index is -1.06. The van der Waals surface area contributed by atoms with Crippen molar-refractivity contribution in [2.75, 3.05) is 0 Å². The van der Waals surface area contributed by atoms with Gasteiger partial charge in [-0.3, -0.25) is 0 Å². The molecule has 1 fully saturated rings. The first-order valence-electron chi connectivity index (χ1n) is 2.58. The average Bonchev–Trinajstić information content (AvgIpc) is 2.17. The van der Waals surface area contributed by atoms with Crippen molar-refractivity contribution in [3.05, 3.63) is 0 Å². The molecule has 0 aliphatic heterocycles. The lowest BCUT2D eigenvalue weighted by molar-refractivity contribution is -0.0350. The molecule has 2 heteroatoms. The molecule has 1 nitrogen and oxygen atoms in total. The summed E-state index contributed by atoms with van der Waals surface area (Å²) in [5.41, 5.74) is 0. The second kappa shape index (κ2) is 1.78. The Kier molecular flexibility index (Phi) is 1.28. The summed E-state index contributed by atoms with van der Waals surface area (Å²) in [6.45, 7) is 1.42. The maximum Gasteiger partial charge on any atom is 0.196 e. The van der Waals surface area contributed by atoms with Crippen molar-refractivity contribution in [2.45, 2.75) is 32.2 Å². The van der Waals surface area contributed by atoms with Crippen molar-refractivity contribution in [3.63, 3.8) is 0 Å². The van der Waals surface area contributed by atoms with Crippen molar-refractivity contribution < 1.29 is 9.13 Å². The minimum absolute atomic E-state index is 0.250. The molecule has 0 radical (unpaired) electrons. The first-order valence-corrected chi connectivity index (χ1v) is 2.58. The summed E-state index contributed by atoms with van der Waals surface area (Å²) in [4.78, 5) is 0. The molecule has 0 aromatic rings. The lowest BCUT2D eigenvalue weighted by Crippen LogP contribution is -2.01. The summed E-state index contributed by atoms with van der Waals surface area (Å²) in [6.07, 6.45) is 1.29. The smallest absolute Gasteiger partial charge is 0.196 e. The van der Waals surface area contributed by atoms with Crippen LogP contribution in [0.2, 0.25) is 0 Å². The fourth-order valence-electron chi connectivity index (χ4n) is 0.469. The van der Waals surface area contributed by atoms with Gasteiger partial charge in [0, 0.05) is 0 Å². The van der Waals surface area contributed by atoms with Crippen LogP contribution in [-0.2, 0) is 4.74 Å².